The number of unbranched alkanes of at least 4 members (excludes halogenated alkanes) is 2. The number of urea groups is 1. The number of benzene rings is 2. The largest absolute Gasteiger partial charge is 0.494 e. The third-order valence-corrected chi connectivity index (χ3v) is 8.81. The van der Waals surface area contributed by atoms with E-state index in [2.05, 4.69) is 49.7 Å². The Balaban J connectivity index is 1.12. The molecule has 2 amide bonds. The van der Waals surface area contributed by atoms with Gasteiger partial charge in [-0.15, -0.1) is 11.8 Å². The van der Waals surface area contributed by atoms with Crippen molar-refractivity contribution in [2.75, 3.05) is 38.5 Å². The molecule has 234 valence electrons. The smallest absolute Gasteiger partial charge is 0.416 e. The van der Waals surface area contributed by atoms with Gasteiger partial charge in [-0.1, -0.05) is 18.2 Å². The van der Waals surface area contributed by atoms with Gasteiger partial charge in [0.25, 0.3) is 0 Å². The molecule has 43 heavy (non-hydrogen) atoms. The molecule has 0 bridgehead atoms. The Morgan fingerprint density at radius 3 is 2.30 bits per heavy atom. The van der Waals surface area contributed by atoms with E-state index in [1.165, 1.54) is 11.6 Å². The summed E-state index contributed by atoms with van der Waals surface area (Å²) in [7, 11) is 0. The van der Waals surface area contributed by atoms with E-state index in [0.29, 0.717) is 12.1 Å². The highest BCUT2D eigenvalue weighted by molar-refractivity contribution is 7.99. The van der Waals surface area contributed by atoms with Gasteiger partial charge in [0.15, 0.2) is 0 Å². The first-order valence-corrected chi connectivity index (χ1v) is 16.1. The Morgan fingerprint density at radius 2 is 1.65 bits per heavy atom. The van der Waals surface area contributed by atoms with Crippen LogP contribution in [0.15, 0.2) is 59.6 Å². The average molecular weight is 617 g/mol. The summed E-state index contributed by atoms with van der Waals surface area (Å²) in [5.41, 5.74) is 0.925. The SMILES string of the molecule is CC(C)N(C(=O)N1CCN(Cc2ccc(OCCCCCSc3ccnc4cc(C(F)(F)F)ccc34)cc2)CC1)C(C)C. The van der Waals surface area contributed by atoms with Crippen LogP contribution in [0, 0.1) is 0 Å². The molecule has 0 radical (unpaired) electrons. The normalized spacial score (nSPS) is 14.6. The Kier molecular flexibility index (Phi) is 11.6. The summed E-state index contributed by atoms with van der Waals surface area (Å²) >= 11 is 1.65. The second kappa shape index (κ2) is 15.1. The van der Waals surface area contributed by atoms with Crippen LogP contribution in [-0.4, -0.2) is 76.3 Å². The van der Waals surface area contributed by atoms with Crippen LogP contribution in [0.4, 0.5) is 18.0 Å². The first-order chi connectivity index (χ1) is 20.5. The number of hydrogen-bond donors (Lipinski definition) is 0. The molecule has 0 unspecified atom stereocenters. The minimum atomic E-state index is -4.37. The molecule has 4 rings (SSSR count). The van der Waals surface area contributed by atoms with Gasteiger partial charge in [0.2, 0.25) is 0 Å². The highest BCUT2D eigenvalue weighted by atomic mass is 32.2. The van der Waals surface area contributed by atoms with Crippen molar-refractivity contribution in [1.29, 1.82) is 0 Å². The molecule has 0 aliphatic carbocycles. The van der Waals surface area contributed by atoms with Gasteiger partial charge >= 0.3 is 12.2 Å². The Bertz CT molecular complexity index is 1320. The second-order valence-electron chi connectivity index (χ2n) is 11.6. The van der Waals surface area contributed by atoms with E-state index in [4.69, 9.17) is 4.74 Å². The number of alkyl halides is 3. The number of carbonyl (C=O) groups is 1. The average Bonchev–Trinajstić information content (AvgIpc) is 2.96. The van der Waals surface area contributed by atoms with Crippen molar-refractivity contribution in [3.8, 4) is 5.75 Å². The second-order valence-corrected chi connectivity index (χ2v) is 12.7. The highest BCUT2D eigenvalue weighted by Gasteiger charge is 2.31. The molecule has 1 aliphatic rings. The van der Waals surface area contributed by atoms with Crippen molar-refractivity contribution in [3.63, 3.8) is 0 Å². The number of nitrogens with zero attached hydrogens (tertiary/aromatic N) is 4. The standard InChI is InChI=1S/C33H43F3N4O2S/c1-24(2)40(25(3)4)32(41)39-18-16-38(17-19-39)23-26-8-11-28(12-9-26)42-20-6-5-7-21-43-31-14-15-37-30-22-27(33(34,35)36)10-13-29(30)31/h8-15,22,24-25H,5-7,16-21,23H2,1-4H3. The van der Waals surface area contributed by atoms with Gasteiger partial charge < -0.3 is 14.5 Å². The number of ether oxygens (including phenoxy) is 1. The van der Waals surface area contributed by atoms with E-state index in [1.54, 1.807) is 18.0 Å². The molecule has 2 aromatic carbocycles. The molecule has 1 aromatic heterocycles. The lowest BCUT2D eigenvalue weighted by Crippen LogP contribution is -2.55. The van der Waals surface area contributed by atoms with Crippen LogP contribution in [0.3, 0.4) is 0 Å². The number of piperazine rings is 1. The third kappa shape index (κ3) is 9.25. The maximum Gasteiger partial charge on any atom is 0.416 e. The quantitative estimate of drug-likeness (QED) is 0.153. The molecule has 1 aliphatic heterocycles. The zero-order valence-corrected chi connectivity index (χ0v) is 26.4. The number of halogens is 3. The van der Waals surface area contributed by atoms with Crippen LogP contribution < -0.4 is 4.74 Å². The molecule has 0 N–H and O–H groups in total. The van der Waals surface area contributed by atoms with Gasteiger partial charge in [-0.05, 0) is 88.6 Å². The van der Waals surface area contributed by atoms with Crippen LogP contribution in [0.25, 0.3) is 10.9 Å². The minimum Gasteiger partial charge on any atom is -0.494 e. The van der Waals surface area contributed by atoms with Gasteiger partial charge in [-0.3, -0.25) is 9.88 Å². The molecule has 1 fully saturated rings. The van der Waals surface area contributed by atoms with Crippen molar-refractivity contribution in [2.45, 2.75) is 76.7 Å². The summed E-state index contributed by atoms with van der Waals surface area (Å²) in [6.45, 7) is 13.0. The van der Waals surface area contributed by atoms with Crippen molar-refractivity contribution < 1.29 is 22.7 Å². The maximum atomic E-state index is 13.0. The highest BCUT2D eigenvalue weighted by Crippen LogP contribution is 2.34. The molecule has 0 saturated carbocycles. The molecule has 6 nitrogen and oxygen atoms in total. The zero-order valence-electron chi connectivity index (χ0n) is 25.6. The van der Waals surface area contributed by atoms with Crippen molar-refractivity contribution in [3.05, 3.63) is 65.9 Å². The van der Waals surface area contributed by atoms with Gasteiger partial charge in [-0.25, -0.2) is 4.79 Å². The fraction of sp³-hybridized carbons (Fsp3) is 0.515. The number of rotatable bonds is 12. The van der Waals surface area contributed by atoms with Crippen molar-refractivity contribution >= 4 is 28.7 Å². The van der Waals surface area contributed by atoms with E-state index in [1.807, 2.05) is 28.0 Å². The maximum absolute atomic E-state index is 13.0. The summed E-state index contributed by atoms with van der Waals surface area (Å²) in [5.74, 6) is 1.74. The number of hydrogen-bond acceptors (Lipinski definition) is 5. The fourth-order valence-electron chi connectivity index (χ4n) is 5.42. The number of pyridine rings is 1. The van der Waals surface area contributed by atoms with Crippen LogP contribution in [0.5, 0.6) is 5.75 Å². The molecular formula is C33H43F3N4O2S. The number of fused-ring (bicyclic) bond motifs is 1. The van der Waals surface area contributed by atoms with E-state index in [9.17, 15) is 18.0 Å². The van der Waals surface area contributed by atoms with Gasteiger partial charge in [-0.2, -0.15) is 13.2 Å². The molecule has 3 aromatic rings. The summed E-state index contributed by atoms with van der Waals surface area (Å²) in [6.07, 6.45) is 0.131. The predicted octanol–water partition coefficient (Wildman–Crippen LogP) is 7.95. The van der Waals surface area contributed by atoms with E-state index in [0.717, 1.165) is 85.9 Å². The first kappa shape index (κ1) is 32.9. The van der Waals surface area contributed by atoms with E-state index >= 15 is 0 Å². The van der Waals surface area contributed by atoms with Gasteiger partial charge in [0, 0.05) is 61.3 Å². The van der Waals surface area contributed by atoms with Gasteiger partial charge in [0.1, 0.15) is 5.75 Å². The van der Waals surface area contributed by atoms with Gasteiger partial charge in [0.05, 0.1) is 17.7 Å². The monoisotopic (exact) mass is 616 g/mol. The number of aromatic nitrogens is 1. The van der Waals surface area contributed by atoms with Crippen LogP contribution in [0.1, 0.15) is 58.1 Å². The molecule has 2 heterocycles. The summed E-state index contributed by atoms with van der Waals surface area (Å²) < 4.78 is 45.0. The molecule has 10 heteroatoms. The summed E-state index contributed by atoms with van der Waals surface area (Å²) in [4.78, 5) is 24.4. The Labute approximate surface area is 257 Å². The van der Waals surface area contributed by atoms with Crippen molar-refractivity contribution in [2.24, 2.45) is 0 Å². The summed E-state index contributed by atoms with van der Waals surface area (Å²) in [5, 5.41) is 0.754. The Morgan fingerprint density at radius 1 is 0.953 bits per heavy atom. The summed E-state index contributed by atoms with van der Waals surface area (Å²) in [6, 6.07) is 14.4. The lowest BCUT2D eigenvalue weighted by atomic mass is 10.1. The zero-order chi connectivity index (χ0) is 31.0. The molecular weight excluding hydrogens is 573 g/mol. The Hall–Kier alpha value is -2.98. The molecule has 0 atom stereocenters. The van der Waals surface area contributed by atoms with Crippen LogP contribution in [-0.2, 0) is 12.7 Å². The first-order valence-electron chi connectivity index (χ1n) is 15.1. The van der Waals surface area contributed by atoms with Crippen LogP contribution in [0.2, 0.25) is 0 Å². The van der Waals surface area contributed by atoms with Crippen LogP contribution >= 0.6 is 11.8 Å². The topological polar surface area (TPSA) is 48.9 Å². The lowest BCUT2D eigenvalue weighted by molar-refractivity contribution is -0.137. The third-order valence-electron chi connectivity index (χ3n) is 7.65. The van der Waals surface area contributed by atoms with E-state index in [-0.39, 0.29) is 18.1 Å². The minimum absolute atomic E-state index is 0.137. The molecule has 0 spiro atoms. The predicted molar refractivity (Wildman–Crippen MR) is 168 cm³/mol. The molecule has 1 saturated heterocycles. The number of thioether (sulfide) groups is 1. The van der Waals surface area contributed by atoms with E-state index < -0.39 is 11.7 Å². The van der Waals surface area contributed by atoms with Crippen molar-refractivity contribution in [1.82, 2.24) is 19.7 Å². The lowest BCUT2D eigenvalue weighted by Gasteiger charge is -2.40. The number of amides is 2. The number of carbonyl (C=O) groups excluding carboxylic acids is 1. The fourth-order valence-corrected chi connectivity index (χ4v) is 6.48.